The van der Waals surface area contributed by atoms with Crippen LogP contribution in [0.4, 0.5) is 20.3 Å². The van der Waals surface area contributed by atoms with Crippen molar-refractivity contribution in [1.29, 1.82) is 0 Å². The van der Waals surface area contributed by atoms with Gasteiger partial charge in [0.25, 0.3) is 0 Å². The fourth-order valence-corrected chi connectivity index (χ4v) is 8.45. The van der Waals surface area contributed by atoms with Gasteiger partial charge in [-0.05, 0) is 55.3 Å². The normalized spacial score (nSPS) is 27.7. The lowest BCUT2D eigenvalue weighted by molar-refractivity contribution is -0.126. The molecule has 2 unspecified atom stereocenters. The Morgan fingerprint density at radius 2 is 1.89 bits per heavy atom. The number of aryl methyl sites for hydroxylation is 1. The second kappa shape index (κ2) is 10.5. The lowest BCUT2D eigenvalue weighted by Gasteiger charge is -2.34. The molecule has 6 heterocycles. The summed E-state index contributed by atoms with van der Waals surface area (Å²) in [6.07, 6.45) is 2.44. The number of amides is 2. The number of carbonyl (C=O) groups excluding carboxylic acids is 2. The number of hydrogen-bond acceptors (Lipinski definition) is 9. The molecule has 236 valence electrons. The molecule has 0 saturated carbocycles. The Morgan fingerprint density at radius 1 is 1.09 bits per heavy atom. The number of hydrogen-bond donors (Lipinski definition) is 2. The molecule has 45 heavy (non-hydrogen) atoms. The molecule has 0 aliphatic carbocycles. The SMILES string of the molecule is CCc1c(F)ccc2cc(O)cc(N3CCc4c(nc(OC[C@@]56CCCN5C[C@H](F)C6)nc4N4CC5C(=O)NC(=O)C5C4)C3)c12. The summed E-state index contributed by atoms with van der Waals surface area (Å²) < 4.78 is 35.7. The summed E-state index contributed by atoms with van der Waals surface area (Å²) in [6.45, 7) is 5.12. The van der Waals surface area contributed by atoms with Crippen LogP contribution in [0.3, 0.4) is 0 Å². The minimum Gasteiger partial charge on any atom is -0.508 e. The minimum absolute atomic E-state index is 0.0963. The first kappa shape index (κ1) is 28.4. The van der Waals surface area contributed by atoms with E-state index >= 15 is 0 Å². The van der Waals surface area contributed by atoms with Crippen LogP contribution >= 0.6 is 0 Å². The van der Waals surface area contributed by atoms with E-state index < -0.39 is 18.0 Å². The number of ether oxygens (including phenoxy) is 1. The number of phenolic OH excluding ortho intramolecular Hbond substituents is 1. The number of imide groups is 1. The van der Waals surface area contributed by atoms with Gasteiger partial charge in [-0.3, -0.25) is 19.8 Å². The van der Waals surface area contributed by atoms with Gasteiger partial charge in [0.15, 0.2) is 0 Å². The number of aromatic nitrogens is 2. The Morgan fingerprint density at radius 3 is 2.67 bits per heavy atom. The molecule has 4 saturated heterocycles. The molecule has 3 aromatic rings. The van der Waals surface area contributed by atoms with Crippen LogP contribution in [0.15, 0.2) is 24.3 Å². The number of fused-ring (bicyclic) bond motifs is 4. The zero-order valence-corrected chi connectivity index (χ0v) is 25.2. The summed E-state index contributed by atoms with van der Waals surface area (Å²) in [5.41, 5.74) is 2.60. The largest absolute Gasteiger partial charge is 0.508 e. The fourth-order valence-electron chi connectivity index (χ4n) is 8.45. The summed E-state index contributed by atoms with van der Waals surface area (Å²) >= 11 is 0. The van der Waals surface area contributed by atoms with E-state index in [1.165, 1.54) is 6.07 Å². The van der Waals surface area contributed by atoms with Crippen molar-refractivity contribution in [3.63, 3.8) is 0 Å². The maximum atomic E-state index is 15.0. The molecule has 5 aliphatic heterocycles. The zero-order valence-electron chi connectivity index (χ0n) is 25.2. The van der Waals surface area contributed by atoms with E-state index in [9.17, 15) is 23.5 Å². The predicted molar refractivity (Wildman–Crippen MR) is 163 cm³/mol. The first-order valence-corrected chi connectivity index (χ1v) is 15.9. The molecule has 12 heteroatoms. The zero-order chi connectivity index (χ0) is 31.0. The Labute approximate surface area is 259 Å². The van der Waals surface area contributed by atoms with E-state index in [0.29, 0.717) is 63.4 Å². The second-order valence-electron chi connectivity index (χ2n) is 13.2. The lowest BCUT2D eigenvalue weighted by Crippen LogP contribution is -2.43. The summed E-state index contributed by atoms with van der Waals surface area (Å²) in [5, 5.41) is 14.6. The van der Waals surface area contributed by atoms with Crippen LogP contribution in [0.2, 0.25) is 0 Å². The number of rotatable bonds is 6. The summed E-state index contributed by atoms with van der Waals surface area (Å²) in [4.78, 5) is 41.0. The van der Waals surface area contributed by atoms with E-state index in [0.717, 1.165) is 47.1 Å². The Kier molecular flexibility index (Phi) is 6.63. The molecular weight excluding hydrogens is 582 g/mol. The molecular formula is C33H36F2N6O4. The maximum absolute atomic E-state index is 15.0. The van der Waals surface area contributed by atoms with E-state index in [-0.39, 0.29) is 41.5 Å². The molecule has 4 atom stereocenters. The predicted octanol–water partition coefficient (Wildman–Crippen LogP) is 3.26. The van der Waals surface area contributed by atoms with Crippen molar-refractivity contribution in [3.8, 4) is 11.8 Å². The third-order valence-corrected chi connectivity index (χ3v) is 10.6. The quantitative estimate of drug-likeness (QED) is 0.403. The van der Waals surface area contributed by atoms with Gasteiger partial charge in [-0.25, -0.2) is 8.78 Å². The van der Waals surface area contributed by atoms with Gasteiger partial charge in [0, 0.05) is 55.3 Å². The summed E-state index contributed by atoms with van der Waals surface area (Å²) in [7, 11) is 0. The van der Waals surface area contributed by atoms with Crippen LogP contribution < -0.4 is 19.9 Å². The lowest BCUT2D eigenvalue weighted by atomic mass is 9.95. The number of carbonyl (C=O) groups is 2. The molecule has 2 N–H and O–H groups in total. The third-order valence-electron chi connectivity index (χ3n) is 10.6. The van der Waals surface area contributed by atoms with Gasteiger partial charge in [-0.15, -0.1) is 0 Å². The fraction of sp³-hybridized carbons (Fsp3) is 0.515. The number of benzene rings is 2. The molecule has 0 spiro atoms. The van der Waals surface area contributed by atoms with Crippen LogP contribution in [0, 0.1) is 17.7 Å². The van der Waals surface area contributed by atoms with Gasteiger partial charge >= 0.3 is 6.01 Å². The molecule has 2 amide bonds. The van der Waals surface area contributed by atoms with Crippen molar-refractivity contribution >= 4 is 34.1 Å². The topological polar surface area (TPSA) is 111 Å². The maximum Gasteiger partial charge on any atom is 0.318 e. The van der Waals surface area contributed by atoms with Crippen LogP contribution in [0.5, 0.6) is 11.8 Å². The van der Waals surface area contributed by atoms with Crippen molar-refractivity contribution in [2.45, 2.75) is 57.3 Å². The van der Waals surface area contributed by atoms with Gasteiger partial charge in [0.2, 0.25) is 11.8 Å². The van der Waals surface area contributed by atoms with Crippen molar-refractivity contribution in [3.05, 3.63) is 46.9 Å². The van der Waals surface area contributed by atoms with Crippen LogP contribution in [-0.4, -0.2) is 82.8 Å². The molecule has 1 aromatic heterocycles. The molecule has 2 aromatic carbocycles. The number of nitrogens with one attached hydrogen (secondary N) is 1. The van der Waals surface area contributed by atoms with E-state index in [4.69, 9.17) is 14.7 Å². The highest BCUT2D eigenvalue weighted by Crippen LogP contribution is 2.42. The molecule has 4 fully saturated rings. The number of aromatic hydroxyl groups is 1. The minimum atomic E-state index is -0.884. The number of phenols is 1. The smallest absolute Gasteiger partial charge is 0.318 e. The van der Waals surface area contributed by atoms with Gasteiger partial charge < -0.3 is 19.6 Å². The van der Waals surface area contributed by atoms with Gasteiger partial charge in [-0.1, -0.05) is 13.0 Å². The van der Waals surface area contributed by atoms with Gasteiger partial charge in [-0.2, -0.15) is 9.97 Å². The highest BCUT2D eigenvalue weighted by Gasteiger charge is 2.50. The molecule has 0 bridgehead atoms. The molecule has 10 nitrogen and oxygen atoms in total. The Balaban J connectivity index is 1.17. The van der Waals surface area contributed by atoms with Gasteiger partial charge in [0.1, 0.15) is 30.2 Å². The van der Waals surface area contributed by atoms with Crippen molar-refractivity contribution in [2.24, 2.45) is 11.8 Å². The average molecular weight is 619 g/mol. The van der Waals surface area contributed by atoms with Crippen LogP contribution in [0.25, 0.3) is 10.8 Å². The Bertz CT molecular complexity index is 1720. The Hall–Kier alpha value is -4.06. The van der Waals surface area contributed by atoms with E-state index in [2.05, 4.69) is 15.1 Å². The highest BCUT2D eigenvalue weighted by molar-refractivity contribution is 6.06. The van der Waals surface area contributed by atoms with Crippen molar-refractivity contribution < 1.29 is 28.2 Å². The number of halogens is 2. The van der Waals surface area contributed by atoms with Gasteiger partial charge in [0.05, 0.1) is 29.6 Å². The van der Waals surface area contributed by atoms with Crippen molar-refractivity contribution in [2.75, 3.05) is 49.1 Å². The number of alkyl halides is 1. The highest BCUT2D eigenvalue weighted by atomic mass is 19.1. The first-order valence-electron chi connectivity index (χ1n) is 15.9. The van der Waals surface area contributed by atoms with E-state index in [1.807, 2.05) is 11.8 Å². The number of anilines is 2. The second-order valence-corrected chi connectivity index (χ2v) is 13.2. The van der Waals surface area contributed by atoms with Crippen LogP contribution in [-0.2, 0) is 29.0 Å². The standard InChI is InChI=1S/C33H36F2N6O4/c1-2-21-25(35)5-4-18-10-20(42)11-27(28(18)21)39-9-6-22-26(16-39)36-32(45-17-33-7-3-8-41(33)13-19(34)12-33)37-29(22)40-14-23-24(15-40)31(44)38-30(23)43/h4-5,10-11,19,23-24,42H,2-3,6-9,12-17H2,1H3,(H,38,43,44)/t19-,23?,24?,33+/m1/s1. The third kappa shape index (κ3) is 4.59. The van der Waals surface area contributed by atoms with Crippen molar-refractivity contribution in [1.82, 2.24) is 20.2 Å². The summed E-state index contributed by atoms with van der Waals surface area (Å²) in [6, 6.07) is 6.65. The first-order chi connectivity index (χ1) is 21.7. The molecule has 8 rings (SSSR count). The monoisotopic (exact) mass is 618 g/mol. The number of nitrogens with zero attached hydrogens (tertiary/aromatic N) is 5. The molecule has 5 aliphatic rings. The van der Waals surface area contributed by atoms with E-state index in [1.54, 1.807) is 18.2 Å². The van der Waals surface area contributed by atoms with Crippen LogP contribution in [0.1, 0.15) is 43.0 Å². The summed E-state index contributed by atoms with van der Waals surface area (Å²) in [5.74, 6) is -0.902. The average Bonchev–Trinajstić information content (AvgIpc) is 3.76. The molecule has 0 radical (unpaired) electrons.